The zero-order valence-electron chi connectivity index (χ0n) is 9.69. The number of azo groups is 1. The highest BCUT2D eigenvalue weighted by atomic mass is 16.6. The molecule has 86 valence electrons. The van der Waals surface area contributed by atoms with Crippen molar-refractivity contribution in [1.82, 2.24) is 0 Å². The minimum Gasteiger partial charge on any atom is -0.463 e. The maximum atomic E-state index is 11.3. The zero-order chi connectivity index (χ0) is 11.5. The summed E-state index contributed by atoms with van der Waals surface area (Å²) in [5.41, 5.74) is -0.688. The molecule has 5 nitrogen and oxygen atoms in total. The van der Waals surface area contributed by atoms with E-state index in [0.717, 1.165) is 6.42 Å². The topological polar surface area (TPSA) is 60.2 Å². The van der Waals surface area contributed by atoms with Gasteiger partial charge in [-0.1, -0.05) is 13.8 Å². The normalized spacial score (nSPS) is 31.6. The third-order valence-corrected chi connectivity index (χ3v) is 2.73. The third-order valence-electron chi connectivity index (χ3n) is 2.73. The molecule has 0 amide bonds. The first-order chi connectivity index (χ1) is 7.03. The first-order valence-corrected chi connectivity index (χ1v) is 5.30. The Bertz CT molecular complexity index is 267. The Morgan fingerprint density at radius 3 is 2.80 bits per heavy atom. The lowest BCUT2D eigenvalue weighted by atomic mass is 9.97. The Hall–Kier alpha value is -0.970. The summed E-state index contributed by atoms with van der Waals surface area (Å²) in [7, 11) is 0. The van der Waals surface area contributed by atoms with E-state index in [1.165, 1.54) is 0 Å². The monoisotopic (exact) mass is 214 g/mol. The van der Waals surface area contributed by atoms with E-state index in [0.29, 0.717) is 6.61 Å². The molecule has 0 N–H and O–H groups in total. The quantitative estimate of drug-likeness (QED) is 0.673. The zero-order valence-corrected chi connectivity index (χ0v) is 9.69. The van der Waals surface area contributed by atoms with Gasteiger partial charge in [-0.3, -0.25) is 0 Å². The molecule has 0 radical (unpaired) electrons. The molecule has 1 rings (SSSR count). The summed E-state index contributed by atoms with van der Waals surface area (Å²) in [5.74, 6) is -0.242. The van der Waals surface area contributed by atoms with Crippen molar-refractivity contribution < 1.29 is 14.3 Å². The van der Waals surface area contributed by atoms with Gasteiger partial charge in [-0.15, -0.1) is 5.11 Å². The molecule has 1 aliphatic rings. The molecule has 0 aromatic rings. The summed E-state index contributed by atoms with van der Waals surface area (Å²) < 4.78 is 10.3. The standard InChI is InChI=1S/C10H18N2O3/c1-5-7(3)10(4)12-11-8(15-10)9(13)14-6-2/h7-8H,5-6H2,1-4H3. The molecule has 0 saturated carbocycles. The number of hydrogen-bond acceptors (Lipinski definition) is 5. The van der Waals surface area contributed by atoms with Crippen molar-refractivity contribution in [3.8, 4) is 0 Å². The molecule has 15 heavy (non-hydrogen) atoms. The number of ether oxygens (including phenoxy) is 2. The fourth-order valence-electron chi connectivity index (χ4n) is 1.34. The van der Waals surface area contributed by atoms with Crippen LogP contribution in [-0.4, -0.2) is 24.5 Å². The second-order valence-electron chi connectivity index (χ2n) is 3.80. The van der Waals surface area contributed by atoms with Crippen LogP contribution in [0.25, 0.3) is 0 Å². The predicted octanol–water partition coefficient (Wildman–Crippen LogP) is 2.12. The summed E-state index contributed by atoms with van der Waals surface area (Å²) in [6, 6.07) is 0. The lowest BCUT2D eigenvalue weighted by Crippen LogP contribution is -2.35. The Morgan fingerprint density at radius 1 is 1.60 bits per heavy atom. The molecule has 1 heterocycles. The Labute approximate surface area is 89.9 Å². The highest BCUT2D eigenvalue weighted by molar-refractivity contribution is 5.74. The van der Waals surface area contributed by atoms with Gasteiger partial charge in [0.2, 0.25) is 0 Å². The molecule has 0 bridgehead atoms. The van der Waals surface area contributed by atoms with E-state index in [1.54, 1.807) is 6.92 Å². The average Bonchev–Trinajstić information content (AvgIpc) is 2.61. The second-order valence-corrected chi connectivity index (χ2v) is 3.80. The van der Waals surface area contributed by atoms with Crippen molar-refractivity contribution in [2.75, 3.05) is 6.61 Å². The van der Waals surface area contributed by atoms with Crippen LogP contribution in [0.1, 0.15) is 34.1 Å². The van der Waals surface area contributed by atoms with Gasteiger partial charge in [-0.05, 0) is 20.3 Å². The Balaban J connectivity index is 2.60. The van der Waals surface area contributed by atoms with Crippen LogP contribution in [-0.2, 0) is 14.3 Å². The summed E-state index contributed by atoms with van der Waals surface area (Å²) >= 11 is 0. The molecule has 3 unspecified atom stereocenters. The molecular formula is C10H18N2O3. The van der Waals surface area contributed by atoms with E-state index in [1.807, 2.05) is 20.8 Å². The van der Waals surface area contributed by atoms with Crippen LogP contribution in [0.2, 0.25) is 0 Å². The van der Waals surface area contributed by atoms with Crippen molar-refractivity contribution in [1.29, 1.82) is 0 Å². The van der Waals surface area contributed by atoms with Gasteiger partial charge >= 0.3 is 5.97 Å². The summed E-state index contributed by atoms with van der Waals surface area (Å²) in [6.45, 7) is 7.98. The van der Waals surface area contributed by atoms with Crippen LogP contribution in [0.15, 0.2) is 10.2 Å². The maximum absolute atomic E-state index is 11.3. The van der Waals surface area contributed by atoms with Crippen LogP contribution in [0.5, 0.6) is 0 Å². The van der Waals surface area contributed by atoms with E-state index in [-0.39, 0.29) is 5.92 Å². The van der Waals surface area contributed by atoms with E-state index >= 15 is 0 Å². The van der Waals surface area contributed by atoms with Gasteiger partial charge in [0.25, 0.3) is 6.23 Å². The second kappa shape index (κ2) is 4.70. The maximum Gasteiger partial charge on any atom is 0.360 e. The first-order valence-electron chi connectivity index (χ1n) is 5.30. The average molecular weight is 214 g/mol. The summed E-state index contributed by atoms with van der Waals surface area (Å²) in [6.07, 6.45) is 0.0365. The molecule has 0 aromatic carbocycles. The first kappa shape index (κ1) is 12.1. The van der Waals surface area contributed by atoms with Gasteiger partial charge in [0.1, 0.15) is 0 Å². The van der Waals surface area contributed by atoms with E-state index < -0.39 is 17.9 Å². The van der Waals surface area contributed by atoms with E-state index in [2.05, 4.69) is 10.2 Å². The molecule has 3 atom stereocenters. The van der Waals surface area contributed by atoms with Crippen molar-refractivity contribution in [3.63, 3.8) is 0 Å². The highest BCUT2D eigenvalue weighted by Gasteiger charge is 2.42. The fraction of sp³-hybridized carbons (Fsp3) is 0.900. The molecular weight excluding hydrogens is 196 g/mol. The molecule has 0 aliphatic carbocycles. The number of carbonyl (C=O) groups excluding carboxylic acids is 1. The number of rotatable bonds is 4. The number of esters is 1. The van der Waals surface area contributed by atoms with Crippen LogP contribution in [0.3, 0.4) is 0 Å². The van der Waals surface area contributed by atoms with Crippen LogP contribution >= 0.6 is 0 Å². The van der Waals surface area contributed by atoms with Crippen LogP contribution in [0.4, 0.5) is 0 Å². The predicted molar refractivity (Wildman–Crippen MR) is 54.2 cm³/mol. The van der Waals surface area contributed by atoms with E-state index in [4.69, 9.17) is 9.47 Å². The van der Waals surface area contributed by atoms with Gasteiger partial charge in [0.15, 0.2) is 5.72 Å². The minimum atomic E-state index is -0.885. The van der Waals surface area contributed by atoms with Crippen molar-refractivity contribution in [2.24, 2.45) is 16.1 Å². The van der Waals surface area contributed by atoms with Crippen LogP contribution < -0.4 is 0 Å². The van der Waals surface area contributed by atoms with Gasteiger partial charge < -0.3 is 9.47 Å². The molecule has 5 heteroatoms. The van der Waals surface area contributed by atoms with Crippen molar-refractivity contribution in [2.45, 2.75) is 46.1 Å². The van der Waals surface area contributed by atoms with Crippen molar-refractivity contribution in [3.05, 3.63) is 0 Å². The van der Waals surface area contributed by atoms with Crippen LogP contribution in [0, 0.1) is 5.92 Å². The number of carbonyl (C=O) groups is 1. The molecule has 0 spiro atoms. The number of nitrogens with zero attached hydrogens (tertiary/aromatic N) is 2. The molecule has 0 saturated heterocycles. The molecule has 0 aromatic heterocycles. The number of hydrogen-bond donors (Lipinski definition) is 0. The Morgan fingerprint density at radius 2 is 2.27 bits per heavy atom. The summed E-state index contributed by atoms with van der Waals surface area (Å²) in [4.78, 5) is 11.3. The largest absolute Gasteiger partial charge is 0.463 e. The minimum absolute atomic E-state index is 0.223. The van der Waals surface area contributed by atoms with Gasteiger partial charge in [-0.2, -0.15) is 5.11 Å². The highest BCUT2D eigenvalue weighted by Crippen LogP contribution is 2.33. The lowest BCUT2D eigenvalue weighted by molar-refractivity contribution is -0.164. The Kier molecular flexibility index (Phi) is 3.79. The molecule has 1 aliphatic heterocycles. The third kappa shape index (κ3) is 2.53. The van der Waals surface area contributed by atoms with E-state index in [9.17, 15) is 4.79 Å². The smallest absolute Gasteiger partial charge is 0.360 e. The van der Waals surface area contributed by atoms with Gasteiger partial charge in [-0.25, -0.2) is 4.79 Å². The van der Waals surface area contributed by atoms with Gasteiger partial charge in [0, 0.05) is 5.92 Å². The van der Waals surface area contributed by atoms with Crippen molar-refractivity contribution >= 4 is 5.97 Å². The SMILES string of the molecule is CCOC(=O)C1N=NC(C)(C(C)CC)O1. The lowest BCUT2D eigenvalue weighted by Gasteiger charge is -2.26. The summed E-state index contributed by atoms with van der Waals surface area (Å²) in [5, 5.41) is 7.83. The van der Waals surface area contributed by atoms with Gasteiger partial charge in [0.05, 0.1) is 6.61 Å². The molecule has 0 fully saturated rings. The fourth-order valence-corrected chi connectivity index (χ4v) is 1.34.